The SMILES string of the molecule is CC(=O)Nc1c(O)cccc1-c1cc(N)no1. The molecule has 17 heavy (non-hydrogen) atoms. The fourth-order valence-electron chi connectivity index (χ4n) is 1.47. The van der Waals surface area contributed by atoms with Crippen molar-refractivity contribution in [3.8, 4) is 17.1 Å². The van der Waals surface area contributed by atoms with E-state index >= 15 is 0 Å². The van der Waals surface area contributed by atoms with Gasteiger partial charge in [-0.3, -0.25) is 4.79 Å². The molecular formula is C11H11N3O3. The number of aromatic hydroxyl groups is 1. The lowest BCUT2D eigenvalue weighted by Gasteiger charge is -2.08. The molecule has 0 fully saturated rings. The molecule has 0 bridgehead atoms. The number of carbonyl (C=O) groups excluding carboxylic acids is 1. The molecule has 1 aromatic heterocycles. The fourth-order valence-corrected chi connectivity index (χ4v) is 1.47. The van der Waals surface area contributed by atoms with Crippen LogP contribution in [0.15, 0.2) is 28.8 Å². The van der Waals surface area contributed by atoms with Crippen LogP contribution < -0.4 is 11.1 Å². The van der Waals surface area contributed by atoms with E-state index < -0.39 is 0 Å². The van der Waals surface area contributed by atoms with Gasteiger partial charge in [0.2, 0.25) is 5.91 Å². The van der Waals surface area contributed by atoms with Crippen molar-refractivity contribution in [2.24, 2.45) is 0 Å². The number of nitrogen functional groups attached to an aromatic ring is 1. The number of nitrogens with one attached hydrogen (secondary N) is 1. The van der Waals surface area contributed by atoms with Crippen molar-refractivity contribution in [1.82, 2.24) is 5.16 Å². The Labute approximate surface area is 97.0 Å². The van der Waals surface area contributed by atoms with Gasteiger partial charge in [0, 0.05) is 18.6 Å². The number of para-hydroxylation sites is 1. The van der Waals surface area contributed by atoms with Gasteiger partial charge in [0.1, 0.15) is 5.75 Å². The Morgan fingerprint density at radius 3 is 2.88 bits per heavy atom. The first-order chi connectivity index (χ1) is 8.08. The Kier molecular flexibility index (Phi) is 2.70. The first-order valence-corrected chi connectivity index (χ1v) is 4.90. The molecule has 4 N–H and O–H groups in total. The monoisotopic (exact) mass is 233 g/mol. The molecule has 6 heteroatoms. The lowest BCUT2D eigenvalue weighted by molar-refractivity contribution is -0.114. The first kappa shape index (κ1) is 11.0. The van der Waals surface area contributed by atoms with Crippen LogP contribution in [0.3, 0.4) is 0 Å². The van der Waals surface area contributed by atoms with E-state index in [4.69, 9.17) is 10.3 Å². The molecule has 0 aliphatic heterocycles. The molecule has 88 valence electrons. The van der Waals surface area contributed by atoms with Gasteiger partial charge in [0.25, 0.3) is 0 Å². The number of nitrogens with two attached hydrogens (primary N) is 1. The van der Waals surface area contributed by atoms with Crippen LogP contribution in [-0.2, 0) is 4.79 Å². The first-order valence-electron chi connectivity index (χ1n) is 4.90. The zero-order valence-electron chi connectivity index (χ0n) is 9.10. The van der Waals surface area contributed by atoms with Crippen LogP contribution in [-0.4, -0.2) is 16.2 Å². The van der Waals surface area contributed by atoms with Crippen molar-refractivity contribution in [3.63, 3.8) is 0 Å². The van der Waals surface area contributed by atoms with E-state index in [2.05, 4.69) is 10.5 Å². The second kappa shape index (κ2) is 4.17. The van der Waals surface area contributed by atoms with E-state index in [1.165, 1.54) is 19.1 Å². The molecule has 0 atom stereocenters. The third kappa shape index (κ3) is 2.20. The molecular weight excluding hydrogens is 222 g/mol. The lowest BCUT2D eigenvalue weighted by Crippen LogP contribution is -2.07. The van der Waals surface area contributed by atoms with E-state index in [1.807, 2.05) is 0 Å². The number of nitrogens with zero attached hydrogens (tertiary/aromatic N) is 1. The zero-order valence-corrected chi connectivity index (χ0v) is 9.10. The predicted molar refractivity (Wildman–Crippen MR) is 62.3 cm³/mol. The highest BCUT2D eigenvalue weighted by atomic mass is 16.5. The third-order valence-electron chi connectivity index (χ3n) is 2.14. The smallest absolute Gasteiger partial charge is 0.221 e. The number of carbonyl (C=O) groups is 1. The van der Waals surface area contributed by atoms with Crippen molar-refractivity contribution in [2.75, 3.05) is 11.1 Å². The number of phenols is 1. The van der Waals surface area contributed by atoms with Crippen LogP contribution in [0.2, 0.25) is 0 Å². The van der Waals surface area contributed by atoms with Gasteiger partial charge in [-0.2, -0.15) is 0 Å². The lowest BCUT2D eigenvalue weighted by atomic mass is 10.1. The summed E-state index contributed by atoms with van der Waals surface area (Å²) in [5.41, 5.74) is 6.24. The minimum atomic E-state index is -0.291. The minimum Gasteiger partial charge on any atom is -0.506 e. The summed E-state index contributed by atoms with van der Waals surface area (Å²) in [6.45, 7) is 1.35. The van der Waals surface area contributed by atoms with Crippen molar-refractivity contribution in [2.45, 2.75) is 6.92 Å². The van der Waals surface area contributed by atoms with Crippen LogP contribution in [0.1, 0.15) is 6.92 Å². The number of hydrogen-bond acceptors (Lipinski definition) is 5. The van der Waals surface area contributed by atoms with Crippen molar-refractivity contribution in [3.05, 3.63) is 24.3 Å². The maximum atomic E-state index is 11.1. The molecule has 0 spiro atoms. The average Bonchev–Trinajstić information content (AvgIpc) is 2.67. The van der Waals surface area contributed by atoms with Crippen LogP contribution in [0.25, 0.3) is 11.3 Å². The number of hydrogen-bond donors (Lipinski definition) is 3. The molecule has 2 rings (SSSR count). The molecule has 0 aliphatic rings. The van der Waals surface area contributed by atoms with Crippen molar-refractivity contribution >= 4 is 17.4 Å². The van der Waals surface area contributed by atoms with Gasteiger partial charge in [0.05, 0.1) is 5.69 Å². The van der Waals surface area contributed by atoms with Crippen molar-refractivity contribution in [1.29, 1.82) is 0 Å². The molecule has 0 saturated carbocycles. The van der Waals surface area contributed by atoms with Gasteiger partial charge >= 0.3 is 0 Å². The molecule has 0 unspecified atom stereocenters. The number of benzene rings is 1. The number of phenolic OH excluding ortho intramolecular Hbond substituents is 1. The standard InChI is InChI=1S/C11H11N3O3/c1-6(15)13-11-7(3-2-4-8(11)16)9-5-10(12)14-17-9/h2-5,16H,1H3,(H2,12,14)(H,13,15). The third-order valence-corrected chi connectivity index (χ3v) is 2.14. The normalized spacial score (nSPS) is 10.2. The predicted octanol–water partition coefficient (Wildman–Crippen LogP) is 1.59. The molecule has 1 amide bonds. The molecule has 1 heterocycles. The van der Waals surface area contributed by atoms with Crippen LogP contribution in [0, 0.1) is 0 Å². The highest BCUT2D eigenvalue weighted by molar-refractivity contribution is 5.95. The van der Waals surface area contributed by atoms with Crippen LogP contribution in [0.5, 0.6) is 5.75 Å². The molecule has 2 aromatic rings. The summed E-state index contributed by atoms with van der Waals surface area (Å²) in [7, 11) is 0. The summed E-state index contributed by atoms with van der Waals surface area (Å²) in [6.07, 6.45) is 0. The maximum absolute atomic E-state index is 11.1. The van der Waals surface area contributed by atoms with E-state index in [-0.39, 0.29) is 23.2 Å². The minimum absolute atomic E-state index is 0.0485. The Morgan fingerprint density at radius 2 is 2.29 bits per heavy atom. The van der Waals surface area contributed by atoms with Gasteiger partial charge in [-0.1, -0.05) is 11.2 Å². The molecule has 0 saturated heterocycles. The highest BCUT2D eigenvalue weighted by Gasteiger charge is 2.14. The Bertz CT molecular complexity index is 563. The van der Waals surface area contributed by atoms with E-state index in [1.54, 1.807) is 12.1 Å². The Morgan fingerprint density at radius 1 is 1.53 bits per heavy atom. The molecule has 0 radical (unpaired) electrons. The number of rotatable bonds is 2. The zero-order chi connectivity index (χ0) is 12.4. The summed E-state index contributed by atoms with van der Waals surface area (Å²) >= 11 is 0. The van der Waals surface area contributed by atoms with Crippen LogP contribution in [0.4, 0.5) is 11.5 Å². The average molecular weight is 233 g/mol. The van der Waals surface area contributed by atoms with Gasteiger partial charge in [-0.25, -0.2) is 0 Å². The summed E-state index contributed by atoms with van der Waals surface area (Å²) < 4.78 is 4.99. The number of aromatic nitrogens is 1. The topological polar surface area (TPSA) is 101 Å². The second-order valence-corrected chi connectivity index (χ2v) is 3.50. The van der Waals surface area contributed by atoms with E-state index in [9.17, 15) is 9.90 Å². The van der Waals surface area contributed by atoms with Gasteiger partial charge < -0.3 is 20.7 Å². The van der Waals surface area contributed by atoms with E-state index in [0.29, 0.717) is 11.3 Å². The second-order valence-electron chi connectivity index (χ2n) is 3.50. The molecule has 0 aliphatic carbocycles. The van der Waals surface area contributed by atoms with Crippen molar-refractivity contribution < 1.29 is 14.4 Å². The summed E-state index contributed by atoms with van der Waals surface area (Å²) in [5, 5.41) is 15.8. The van der Waals surface area contributed by atoms with E-state index in [0.717, 1.165) is 0 Å². The fraction of sp³-hybridized carbons (Fsp3) is 0.0909. The van der Waals surface area contributed by atoms with Crippen LogP contribution >= 0.6 is 0 Å². The highest BCUT2D eigenvalue weighted by Crippen LogP contribution is 2.35. The molecule has 6 nitrogen and oxygen atoms in total. The van der Waals surface area contributed by atoms with Gasteiger partial charge in [-0.15, -0.1) is 0 Å². The Balaban J connectivity index is 2.53. The molecule has 1 aromatic carbocycles. The summed E-state index contributed by atoms with van der Waals surface area (Å²) in [5.74, 6) is 0.271. The quantitative estimate of drug-likeness (QED) is 0.683. The Hall–Kier alpha value is -2.50. The largest absolute Gasteiger partial charge is 0.506 e. The number of amides is 1. The van der Waals surface area contributed by atoms with Gasteiger partial charge in [0.15, 0.2) is 11.6 Å². The summed E-state index contributed by atoms with van der Waals surface area (Å²) in [6, 6.07) is 6.30. The summed E-state index contributed by atoms with van der Waals surface area (Å²) in [4.78, 5) is 11.1. The number of anilines is 2. The van der Waals surface area contributed by atoms with Gasteiger partial charge in [-0.05, 0) is 12.1 Å². The maximum Gasteiger partial charge on any atom is 0.221 e.